The van der Waals surface area contributed by atoms with Crippen LogP contribution in [-0.4, -0.2) is 0 Å². The van der Waals surface area contributed by atoms with Crippen molar-refractivity contribution in [2.45, 2.75) is 20.8 Å². The molecule has 61 valence electrons. The molecule has 0 saturated carbocycles. The van der Waals surface area contributed by atoms with Crippen molar-refractivity contribution in [3.63, 3.8) is 0 Å². The van der Waals surface area contributed by atoms with Crippen LogP contribution in [0.15, 0.2) is 16.3 Å². The van der Waals surface area contributed by atoms with Gasteiger partial charge in [0.2, 0.25) is 0 Å². The molecule has 0 aliphatic carbocycles. The summed E-state index contributed by atoms with van der Waals surface area (Å²) in [5.41, 5.74) is 7.37. The second kappa shape index (κ2) is 2.30. The summed E-state index contributed by atoms with van der Waals surface area (Å²) >= 11 is 0. The molecule has 0 N–H and O–H groups in total. The monoisotopic (exact) mass is 160 g/mol. The van der Waals surface area contributed by atoms with E-state index < -0.39 is 0 Å². The summed E-state index contributed by atoms with van der Waals surface area (Å²) in [5, 5.41) is 9.71. The predicted octanol–water partition coefficient (Wildman–Crippen LogP) is 0.299. The van der Waals surface area contributed by atoms with Crippen molar-refractivity contribution in [3.05, 3.63) is 33.5 Å². The molecule has 0 unspecified atom stereocenters. The summed E-state index contributed by atoms with van der Waals surface area (Å²) in [6.07, 6.45) is 0. The minimum Gasteiger partial charge on any atom is -0.128 e. The van der Waals surface area contributed by atoms with Crippen LogP contribution in [0, 0.1) is 20.8 Å². The van der Waals surface area contributed by atoms with Gasteiger partial charge in [-0.25, -0.2) is 0 Å². The van der Waals surface area contributed by atoms with Gasteiger partial charge in [-0.05, 0) is 49.1 Å². The topological polar surface area (TPSA) is 38.8 Å². The van der Waals surface area contributed by atoms with Crippen molar-refractivity contribution in [2.75, 3.05) is 0 Å². The molecule has 0 atom stereocenters. The van der Waals surface area contributed by atoms with E-state index in [4.69, 9.17) is 0 Å². The summed E-state index contributed by atoms with van der Waals surface area (Å²) in [4.78, 5) is 0. The van der Waals surface area contributed by atoms with Gasteiger partial charge >= 0.3 is 0 Å². The van der Waals surface area contributed by atoms with Crippen LogP contribution >= 0.6 is 0 Å². The molecule has 1 heterocycles. The van der Waals surface area contributed by atoms with Gasteiger partial charge in [-0.2, -0.15) is 0 Å². The average Bonchev–Trinajstić information content (AvgIpc) is 2.48. The van der Waals surface area contributed by atoms with E-state index in [0.29, 0.717) is 0 Å². The van der Waals surface area contributed by atoms with Crippen molar-refractivity contribution < 1.29 is 0 Å². The van der Waals surface area contributed by atoms with E-state index in [9.17, 15) is 0 Å². The largest absolute Gasteiger partial charge is 0.128 e. The summed E-state index contributed by atoms with van der Waals surface area (Å²) in [6, 6.07) is 2.03. The molecule has 3 nitrogen and oxygen atoms in total. The quantitative estimate of drug-likeness (QED) is 0.523. The van der Waals surface area contributed by atoms with E-state index >= 15 is 0 Å². The molecule has 0 amide bonds. The van der Waals surface area contributed by atoms with E-state index in [1.807, 2.05) is 6.07 Å². The molecule has 0 fully saturated rings. The maximum Gasteiger partial charge on any atom is 0.118 e. The number of benzene rings is 1. The molecule has 1 aromatic carbocycles. The standard InChI is InChI=1S/C9H10N3/c1-5-4-8-9(11-12-10-8)7(3)6(5)2/h4H,1-3H3. The van der Waals surface area contributed by atoms with Gasteiger partial charge in [0.25, 0.3) is 0 Å². The third kappa shape index (κ3) is 0.826. The lowest BCUT2D eigenvalue weighted by atomic mass is 10.0. The highest BCUT2D eigenvalue weighted by Gasteiger charge is 2.06. The van der Waals surface area contributed by atoms with E-state index in [1.54, 1.807) is 0 Å². The smallest absolute Gasteiger partial charge is 0.118 e. The number of hydrogen-bond donors (Lipinski definition) is 0. The molecule has 0 spiro atoms. The van der Waals surface area contributed by atoms with Crippen LogP contribution in [0.25, 0.3) is 0 Å². The zero-order valence-electron chi connectivity index (χ0n) is 7.42. The number of rotatable bonds is 0. The predicted molar refractivity (Wildman–Crippen MR) is 45.1 cm³/mol. The van der Waals surface area contributed by atoms with Gasteiger partial charge in [-0.1, -0.05) is 0 Å². The van der Waals surface area contributed by atoms with Gasteiger partial charge in [0.05, 0.1) is 0 Å². The molecular weight excluding hydrogens is 150 g/mol. The number of nitrogens with zero attached hydrogens (tertiary/aromatic N) is 3. The fourth-order valence-corrected chi connectivity index (χ4v) is 1.36. The van der Waals surface area contributed by atoms with E-state index in [-0.39, 0.29) is 0 Å². The first kappa shape index (κ1) is 7.28. The Kier molecular flexibility index (Phi) is 1.40. The van der Waals surface area contributed by atoms with Crippen LogP contribution in [-0.2, 0) is 0 Å². The third-order valence-corrected chi connectivity index (χ3v) is 2.40. The fourth-order valence-electron chi connectivity index (χ4n) is 1.36. The third-order valence-electron chi connectivity index (χ3n) is 2.40. The fraction of sp³-hybridized carbons (Fsp3) is 0.333. The SMILES string of the molecule is Cc1cc2c(c(C)c1C)=N[N]N=2. The van der Waals surface area contributed by atoms with Gasteiger partial charge < -0.3 is 0 Å². The van der Waals surface area contributed by atoms with Crippen LogP contribution in [0.3, 0.4) is 0 Å². The summed E-state index contributed by atoms with van der Waals surface area (Å²) in [6.45, 7) is 6.23. The van der Waals surface area contributed by atoms with Gasteiger partial charge in [-0.15, -0.1) is 10.2 Å². The number of aryl methyl sites for hydroxylation is 1. The molecule has 0 saturated heterocycles. The van der Waals surface area contributed by atoms with Gasteiger partial charge in [0.1, 0.15) is 10.7 Å². The molecule has 1 radical (unpaired) electrons. The van der Waals surface area contributed by atoms with Crippen molar-refractivity contribution >= 4 is 0 Å². The number of hydrogen-bond acceptors (Lipinski definition) is 2. The van der Waals surface area contributed by atoms with Crippen LogP contribution in [0.4, 0.5) is 0 Å². The molecular formula is C9H10N3. The van der Waals surface area contributed by atoms with E-state index in [1.165, 1.54) is 16.7 Å². The zero-order chi connectivity index (χ0) is 8.72. The molecule has 12 heavy (non-hydrogen) atoms. The lowest BCUT2D eigenvalue weighted by Gasteiger charge is -2.01. The lowest BCUT2D eigenvalue weighted by Crippen LogP contribution is -2.26. The second-order valence-corrected chi connectivity index (χ2v) is 3.10. The Bertz CT molecular complexity index is 446. The highest BCUT2D eigenvalue weighted by atomic mass is 15.5. The Morgan fingerprint density at radius 1 is 1.00 bits per heavy atom. The van der Waals surface area contributed by atoms with E-state index in [2.05, 4.69) is 36.5 Å². The molecule has 2 rings (SSSR count). The van der Waals surface area contributed by atoms with Crippen LogP contribution < -0.4 is 16.2 Å². The van der Waals surface area contributed by atoms with Crippen LogP contribution in [0.2, 0.25) is 0 Å². The zero-order valence-corrected chi connectivity index (χ0v) is 7.42. The molecule has 3 heteroatoms. The Morgan fingerprint density at radius 3 is 2.50 bits per heavy atom. The van der Waals surface area contributed by atoms with Crippen molar-refractivity contribution in [1.29, 1.82) is 0 Å². The molecule has 0 bridgehead atoms. The van der Waals surface area contributed by atoms with Crippen molar-refractivity contribution in [3.8, 4) is 0 Å². The maximum absolute atomic E-state index is 3.96. The van der Waals surface area contributed by atoms with Crippen LogP contribution in [0.1, 0.15) is 16.7 Å². The Hall–Kier alpha value is -1.38. The van der Waals surface area contributed by atoms with Gasteiger partial charge in [0.15, 0.2) is 0 Å². The molecule has 1 aromatic rings. The first-order valence-corrected chi connectivity index (χ1v) is 3.92. The first-order chi connectivity index (χ1) is 5.70. The van der Waals surface area contributed by atoms with Crippen LogP contribution in [0.5, 0.6) is 0 Å². The van der Waals surface area contributed by atoms with E-state index in [0.717, 1.165) is 10.7 Å². The maximum atomic E-state index is 3.96. The molecule has 1 aliphatic heterocycles. The Morgan fingerprint density at radius 2 is 1.75 bits per heavy atom. The highest BCUT2D eigenvalue weighted by molar-refractivity contribution is 5.31. The minimum absolute atomic E-state index is 0.899. The van der Waals surface area contributed by atoms with Crippen molar-refractivity contribution in [1.82, 2.24) is 5.53 Å². The molecule has 1 aliphatic rings. The average molecular weight is 160 g/mol. The Balaban J connectivity index is 2.97. The first-order valence-electron chi connectivity index (χ1n) is 3.92. The second-order valence-electron chi connectivity index (χ2n) is 3.10. The van der Waals surface area contributed by atoms with Gasteiger partial charge in [-0.3, -0.25) is 0 Å². The Labute approximate surface area is 70.8 Å². The summed E-state index contributed by atoms with van der Waals surface area (Å²) < 4.78 is 0. The summed E-state index contributed by atoms with van der Waals surface area (Å²) in [7, 11) is 0. The number of fused-ring (bicyclic) bond motifs is 1. The summed E-state index contributed by atoms with van der Waals surface area (Å²) in [5.74, 6) is 0. The lowest BCUT2D eigenvalue weighted by molar-refractivity contribution is 0.779. The van der Waals surface area contributed by atoms with Crippen molar-refractivity contribution in [2.24, 2.45) is 10.2 Å². The minimum atomic E-state index is 0.899. The highest BCUT2D eigenvalue weighted by Crippen LogP contribution is 2.05. The molecule has 0 aromatic heterocycles. The normalized spacial score (nSPS) is 12.9. The van der Waals surface area contributed by atoms with Gasteiger partial charge in [0, 0.05) is 0 Å².